The van der Waals surface area contributed by atoms with Crippen LogP contribution in [0.25, 0.3) is 0 Å². The van der Waals surface area contributed by atoms with Gasteiger partial charge >= 0.3 is 0 Å². The zero-order chi connectivity index (χ0) is 13.7. The first kappa shape index (κ1) is 14.4. The summed E-state index contributed by atoms with van der Waals surface area (Å²) in [5.74, 6) is 0.170. The van der Waals surface area contributed by atoms with Crippen molar-refractivity contribution in [2.45, 2.75) is 30.7 Å². The average molecular weight is 278 g/mol. The van der Waals surface area contributed by atoms with E-state index in [1.165, 1.54) is 4.90 Å². The molecule has 0 aliphatic carbocycles. The third kappa shape index (κ3) is 3.51. The second-order valence-corrected chi connectivity index (χ2v) is 5.75. The highest BCUT2D eigenvalue weighted by Gasteiger charge is 2.26. The van der Waals surface area contributed by atoms with Crippen molar-refractivity contribution in [1.29, 1.82) is 0 Å². The molecule has 104 valence electrons. The lowest BCUT2D eigenvalue weighted by Crippen LogP contribution is -2.42. The standard InChI is InChI=1S/C15H22N2OS/c1-3-10-17(13-8-9-16-11-13)15(18)12-4-6-14(19-2)7-5-12/h4-7,13,16H,3,8-11H2,1-2H3/t13-/m1/s1. The second kappa shape index (κ2) is 6.96. The van der Waals surface area contributed by atoms with Gasteiger partial charge in [0.15, 0.2) is 0 Å². The minimum atomic E-state index is 0.170. The number of carbonyl (C=O) groups excluding carboxylic acids is 1. The number of hydrogen-bond donors (Lipinski definition) is 1. The number of nitrogens with zero attached hydrogens (tertiary/aromatic N) is 1. The van der Waals surface area contributed by atoms with Crippen LogP contribution in [-0.2, 0) is 0 Å². The molecular weight excluding hydrogens is 256 g/mol. The molecule has 0 unspecified atom stereocenters. The van der Waals surface area contributed by atoms with Crippen molar-refractivity contribution in [1.82, 2.24) is 10.2 Å². The molecule has 0 aromatic heterocycles. The van der Waals surface area contributed by atoms with Crippen molar-refractivity contribution >= 4 is 17.7 Å². The fraction of sp³-hybridized carbons (Fsp3) is 0.533. The molecule has 3 nitrogen and oxygen atoms in total. The zero-order valence-corrected chi connectivity index (χ0v) is 12.5. The number of hydrogen-bond acceptors (Lipinski definition) is 3. The lowest BCUT2D eigenvalue weighted by Gasteiger charge is -2.28. The monoisotopic (exact) mass is 278 g/mol. The normalized spacial score (nSPS) is 18.5. The Morgan fingerprint density at radius 2 is 2.16 bits per heavy atom. The van der Waals surface area contributed by atoms with Crippen LogP contribution in [0.15, 0.2) is 29.2 Å². The van der Waals surface area contributed by atoms with Gasteiger partial charge in [-0.15, -0.1) is 11.8 Å². The van der Waals surface area contributed by atoms with Gasteiger partial charge in [-0.1, -0.05) is 6.92 Å². The van der Waals surface area contributed by atoms with Crippen LogP contribution in [0.1, 0.15) is 30.1 Å². The van der Waals surface area contributed by atoms with Gasteiger partial charge < -0.3 is 10.2 Å². The molecule has 1 atom stereocenters. The van der Waals surface area contributed by atoms with Crippen molar-refractivity contribution in [3.8, 4) is 0 Å². The molecule has 0 saturated carbocycles. The first-order valence-electron chi connectivity index (χ1n) is 6.92. The molecule has 2 rings (SSSR count). The average Bonchev–Trinajstić information content (AvgIpc) is 2.98. The summed E-state index contributed by atoms with van der Waals surface area (Å²) < 4.78 is 0. The van der Waals surface area contributed by atoms with Gasteiger partial charge in [0.05, 0.1) is 0 Å². The fourth-order valence-corrected chi connectivity index (χ4v) is 2.90. The van der Waals surface area contributed by atoms with E-state index >= 15 is 0 Å². The van der Waals surface area contributed by atoms with Gasteiger partial charge in [-0.3, -0.25) is 4.79 Å². The van der Waals surface area contributed by atoms with Crippen LogP contribution < -0.4 is 5.32 Å². The van der Waals surface area contributed by atoms with Crippen LogP contribution in [0.5, 0.6) is 0 Å². The number of rotatable bonds is 5. The van der Waals surface area contributed by atoms with Crippen molar-refractivity contribution in [3.63, 3.8) is 0 Å². The Morgan fingerprint density at radius 1 is 1.42 bits per heavy atom. The van der Waals surface area contributed by atoms with E-state index < -0.39 is 0 Å². The molecular formula is C15H22N2OS. The summed E-state index contributed by atoms with van der Waals surface area (Å²) in [6.45, 7) is 4.91. The van der Waals surface area contributed by atoms with Gasteiger partial charge in [-0.2, -0.15) is 0 Å². The SMILES string of the molecule is CCCN(C(=O)c1ccc(SC)cc1)[C@@H]1CCNC1. The van der Waals surface area contributed by atoms with E-state index in [9.17, 15) is 4.79 Å². The van der Waals surface area contributed by atoms with Crippen molar-refractivity contribution < 1.29 is 4.79 Å². The second-order valence-electron chi connectivity index (χ2n) is 4.87. The molecule has 1 heterocycles. The molecule has 0 bridgehead atoms. The maximum Gasteiger partial charge on any atom is 0.254 e. The topological polar surface area (TPSA) is 32.3 Å². The summed E-state index contributed by atoms with van der Waals surface area (Å²) in [6.07, 6.45) is 4.12. The molecule has 1 amide bonds. The Bertz CT molecular complexity index is 413. The fourth-order valence-electron chi connectivity index (χ4n) is 2.50. The van der Waals surface area contributed by atoms with Crippen LogP contribution in [0.2, 0.25) is 0 Å². The highest BCUT2D eigenvalue weighted by atomic mass is 32.2. The summed E-state index contributed by atoms with van der Waals surface area (Å²) in [4.78, 5) is 15.8. The summed E-state index contributed by atoms with van der Waals surface area (Å²) in [6, 6.07) is 8.29. The van der Waals surface area contributed by atoms with Gasteiger partial charge in [0, 0.05) is 29.6 Å². The molecule has 4 heteroatoms. The number of amides is 1. The van der Waals surface area contributed by atoms with Crippen LogP contribution >= 0.6 is 11.8 Å². The molecule has 19 heavy (non-hydrogen) atoms. The molecule has 1 aliphatic heterocycles. The molecule has 0 radical (unpaired) electrons. The maximum absolute atomic E-state index is 12.6. The molecule has 1 aromatic rings. The largest absolute Gasteiger partial charge is 0.334 e. The van der Waals surface area contributed by atoms with Gasteiger partial charge in [-0.25, -0.2) is 0 Å². The highest BCUT2D eigenvalue weighted by molar-refractivity contribution is 7.98. The van der Waals surface area contributed by atoms with E-state index in [0.717, 1.165) is 38.0 Å². The third-order valence-corrected chi connectivity index (χ3v) is 4.28. The maximum atomic E-state index is 12.6. The van der Waals surface area contributed by atoms with Crippen LogP contribution in [0, 0.1) is 0 Å². The Morgan fingerprint density at radius 3 is 2.68 bits per heavy atom. The summed E-state index contributed by atoms with van der Waals surface area (Å²) in [5.41, 5.74) is 0.804. The van der Waals surface area contributed by atoms with E-state index in [1.54, 1.807) is 11.8 Å². The number of nitrogens with one attached hydrogen (secondary N) is 1. The van der Waals surface area contributed by atoms with E-state index in [-0.39, 0.29) is 5.91 Å². The summed E-state index contributed by atoms with van der Waals surface area (Å²) in [5, 5.41) is 3.34. The molecule has 1 aromatic carbocycles. The van der Waals surface area contributed by atoms with Gasteiger partial charge in [0.25, 0.3) is 5.91 Å². The summed E-state index contributed by atoms with van der Waals surface area (Å²) in [7, 11) is 0. The van der Waals surface area contributed by atoms with Crippen LogP contribution in [0.3, 0.4) is 0 Å². The molecule has 1 N–H and O–H groups in total. The lowest BCUT2D eigenvalue weighted by molar-refractivity contribution is 0.0692. The lowest BCUT2D eigenvalue weighted by atomic mass is 10.1. The minimum absolute atomic E-state index is 0.170. The predicted molar refractivity (Wildman–Crippen MR) is 80.8 cm³/mol. The number of benzene rings is 1. The highest BCUT2D eigenvalue weighted by Crippen LogP contribution is 2.18. The number of thioether (sulfide) groups is 1. The van der Waals surface area contributed by atoms with E-state index in [0.29, 0.717) is 6.04 Å². The predicted octanol–water partition coefficient (Wildman–Crippen LogP) is 2.62. The molecule has 0 spiro atoms. The first-order chi connectivity index (χ1) is 9.26. The smallest absolute Gasteiger partial charge is 0.254 e. The first-order valence-corrected chi connectivity index (χ1v) is 8.14. The van der Waals surface area contributed by atoms with Crippen molar-refractivity contribution in [3.05, 3.63) is 29.8 Å². The molecule has 1 fully saturated rings. The molecule has 1 saturated heterocycles. The Labute approximate surface area is 119 Å². The Kier molecular flexibility index (Phi) is 5.28. The van der Waals surface area contributed by atoms with Crippen LogP contribution in [0.4, 0.5) is 0 Å². The van der Waals surface area contributed by atoms with E-state index in [1.807, 2.05) is 35.4 Å². The van der Waals surface area contributed by atoms with Crippen molar-refractivity contribution in [2.75, 3.05) is 25.9 Å². The molecule has 1 aliphatic rings. The Hall–Kier alpha value is -1.00. The van der Waals surface area contributed by atoms with Gasteiger partial charge in [-0.05, 0) is 49.9 Å². The quantitative estimate of drug-likeness (QED) is 0.840. The van der Waals surface area contributed by atoms with Crippen LogP contribution in [-0.4, -0.2) is 42.7 Å². The Balaban J connectivity index is 2.12. The summed E-state index contributed by atoms with van der Waals surface area (Å²) >= 11 is 1.70. The number of carbonyl (C=O) groups is 1. The minimum Gasteiger partial charge on any atom is -0.334 e. The van der Waals surface area contributed by atoms with E-state index in [2.05, 4.69) is 12.2 Å². The van der Waals surface area contributed by atoms with Gasteiger partial charge in [0.1, 0.15) is 0 Å². The third-order valence-electron chi connectivity index (χ3n) is 3.54. The van der Waals surface area contributed by atoms with E-state index in [4.69, 9.17) is 0 Å². The van der Waals surface area contributed by atoms with Gasteiger partial charge in [0.2, 0.25) is 0 Å². The van der Waals surface area contributed by atoms with Crippen molar-refractivity contribution in [2.24, 2.45) is 0 Å². The zero-order valence-electron chi connectivity index (χ0n) is 11.7.